The van der Waals surface area contributed by atoms with Crippen molar-refractivity contribution >= 4 is 0 Å². The molecule has 2 N–H and O–H groups in total. The lowest BCUT2D eigenvalue weighted by Crippen LogP contribution is -2.28. The maximum atomic E-state index is 6.14. The Morgan fingerprint density at radius 2 is 2.05 bits per heavy atom. The Kier molecular flexibility index (Phi) is 4.23. The second-order valence-electron chi connectivity index (χ2n) is 6.61. The predicted molar refractivity (Wildman–Crippen MR) is 80.2 cm³/mol. The Morgan fingerprint density at radius 1 is 1.30 bits per heavy atom. The second kappa shape index (κ2) is 5.75. The van der Waals surface area contributed by atoms with Crippen molar-refractivity contribution in [1.82, 2.24) is 10.1 Å². The highest BCUT2D eigenvalue weighted by Gasteiger charge is 2.18. The molecule has 4 nitrogen and oxygen atoms in total. The molecule has 0 radical (unpaired) electrons. The molecule has 1 heterocycles. The van der Waals surface area contributed by atoms with Gasteiger partial charge >= 0.3 is 0 Å². The Bertz CT molecular complexity index is 569. The normalized spacial score (nSPS) is 13.4. The van der Waals surface area contributed by atoms with Crippen LogP contribution in [0, 0.1) is 12.3 Å². The third-order valence-corrected chi connectivity index (χ3v) is 3.06. The standard InChI is InChI=1S/C16H23N3O/c1-11-6-5-7-12(8-11)15-18-14(20-19-15)9-13(17)10-16(2,3)4/h5-8,13H,9-10,17H2,1-4H3. The summed E-state index contributed by atoms with van der Waals surface area (Å²) >= 11 is 0. The van der Waals surface area contributed by atoms with Gasteiger partial charge in [0.15, 0.2) is 0 Å². The Labute approximate surface area is 120 Å². The van der Waals surface area contributed by atoms with Gasteiger partial charge in [-0.15, -0.1) is 0 Å². The molecule has 0 saturated carbocycles. The molecule has 2 rings (SSSR count). The first kappa shape index (κ1) is 14.7. The van der Waals surface area contributed by atoms with E-state index in [4.69, 9.17) is 10.3 Å². The van der Waals surface area contributed by atoms with E-state index in [1.54, 1.807) is 0 Å². The minimum absolute atomic E-state index is 0.0424. The number of hydrogen-bond acceptors (Lipinski definition) is 4. The molecule has 0 amide bonds. The zero-order valence-corrected chi connectivity index (χ0v) is 12.7. The summed E-state index contributed by atoms with van der Waals surface area (Å²) in [6, 6.07) is 8.11. The molecule has 2 aromatic rings. The topological polar surface area (TPSA) is 64.9 Å². The van der Waals surface area contributed by atoms with E-state index in [9.17, 15) is 0 Å². The molecule has 1 unspecified atom stereocenters. The summed E-state index contributed by atoms with van der Waals surface area (Å²) in [4.78, 5) is 4.43. The van der Waals surface area contributed by atoms with Crippen LogP contribution in [0.25, 0.3) is 11.4 Å². The smallest absolute Gasteiger partial charge is 0.228 e. The van der Waals surface area contributed by atoms with E-state index in [0.29, 0.717) is 18.1 Å². The lowest BCUT2D eigenvalue weighted by atomic mass is 9.87. The van der Waals surface area contributed by atoms with Crippen molar-refractivity contribution in [1.29, 1.82) is 0 Å². The van der Waals surface area contributed by atoms with Crippen molar-refractivity contribution in [2.45, 2.75) is 46.6 Å². The molecular weight excluding hydrogens is 250 g/mol. The Balaban J connectivity index is 2.06. The van der Waals surface area contributed by atoms with E-state index >= 15 is 0 Å². The first-order chi connectivity index (χ1) is 9.33. The van der Waals surface area contributed by atoms with Crippen molar-refractivity contribution in [3.8, 4) is 11.4 Å². The van der Waals surface area contributed by atoms with Gasteiger partial charge in [-0.05, 0) is 24.8 Å². The molecule has 20 heavy (non-hydrogen) atoms. The summed E-state index contributed by atoms with van der Waals surface area (Å²) < 4.78 is 5.30. The van der Waals surface area contributed by atoms with E-state index in [-0.39, 0.29) is 11.5 Å². The van der Waals surface area contributed by atoms with E-state index in [1.807, 2.05) is 31.2 Å². The quantitative estimate of drug-likeness (QED) is 0.927. The van der Waals surface area contributed by atoms with Gasteiger partial charge in [0, 0.05) is 18.0 Å². The molecule has 0 spiro atoms. The molecular formula is C16H23N3O. The highest BCUT2D eigenvalue weighted by Crippen LogP contribution is 2.22. The van der Waals surface area contributed by atoms with Crippen LogP contribution in [0.15, 0.2) is 28.8 Å². The summed E-state index contributed by atoms with van der Waals surface area (Å²) in [5.41, 5.74) is 8.50. The van der Waals surface area contributed by atoms with Crippen LogP contribution in [0.1, 0.15) is 38.6 Å². The maximum absolute atomic E-state index is 6.14. The van der Waals surface area contributed by atoms with Crippen LogP contribution in [0.3, 0.4) is 0 Å². The number of benzene rings is 1. The molecule has 1 atom stereocenters. The fourth-order valence-electron chi connectivity index (χ4n) is 2.32. The van der Waals surface area contributed by atoms with Gasteiger partial charge in [-0.1, -0.05) is 49.7 Å². The van der Waals surface area contributed by atoms with Crippen molar-refractivity contribution in [2.75, 3.05) is 0 Å². The third-order valence-electron chi connectivity index (χ3n) is 3.06. The molecule has 1 aromatic heterocycles. The number of nitrogens with two attached hydrogens (primary N) is 1. The molecule has 1 aromatic carbocycles. The lowest BCUT2D eigenvalue weighted by Gasteiger charge is -2.21. The van der Waals surface area contributed by atoms with Gasteiger partial charge in [0.1, 0.15) is 0 Å². The number of hydrogen-bond donors (Lipinski definition) is 1. The minimum Gasteiger partial charge on any atom is -0.339 e. The van der Waals surface area contributed by atoms with Gasteiger partial charge < -0.3 is 10.3 Å². The minimum atomic E-state index is 0.0424. The summed E-state index contributed by atoms with van der Waals surface area (Å²) in [6.45, 7) is 8.58. The van der Waals surface area contributed by atoms with Crippen LogP contribution >= 0.6 is 0 Å². The van der Waals surface area contributed by atoms with Crippen LogP contribution in [0.5, 0.6) is 0 Å². The van der Waals surface area contributed by atoms with Gasteiger partial charge in [0.25, 0.3) is 0 Å². The SMILES string of the molecule is Cc1cccc(-c2noc(CC(N)CC(C)(C)C)n2)c1. The summed E-state index contributed by atoms with van der Waals surface area (Å²) in [7, 11) is 0. The Hall–Kier alpha value is -1.68. The van der Waals surface area contributed by atoms with Crippen molar-refractivity contribution in [3.05, 3.63) is 35.7 Å². The van der Waals surface area contributed by atoms with Crippen molar-refractivity contribution in [3.63, 3.8) is 0 Å². The summed E-state index contributed by atoms with van der Waals surface area (Å²) in [6.07, 6.45) is 1.55. The largest absolute Gasteiger partial charge is 0.339 e. The number of rotatable bonds is 4. The average Bonchev–Trinajstić information content (AvgIpc) is 2.74. The van der Waals surface area contributed by atoms with Crippen LogP contribution in [0.2, 0.25) is 0 Å². The van der Waals surface area contributed by atoms with Crippen LogP contribution < -0.4 is 5.73 Å². The van der Waals surface area contributed by atoms with Crippen LogP contribution in [0.4, 0.5) is 0 Å². The fourth-order valence-corrected chi connectivity index (χ4v) is 2.32. The monoisotopic (exact) mass is 273 g/mol. The fraction of sp³-hybridized carbons (Fsp3) is 0.500. The molecule has 108 valence electrons. The van der Waals surface area contributed by atoms with E-state index in [0.717, 1.165) is 12.0 Å². The van der Waals surface area contributed by atoms with Crippen LogP contribution in [-0.2, 0) is 6.42 Å². The molecule has 0 aliphatic carbocycles. The van der Waals surface area contributed by atoms with E-state index in [1.165, 1.54) is 5.56 Å². The maximum Gasteiger partial charge on any atom is 0.228 e. The first-order valence-corrected chi connectivity index (χ1v) is 6.99. The van der Waals surface area contributed by atoms with Gasteiger partial charge in [-0.25, -0.2) is 0 Å². The highest BCUT2D eigenvalue weighted by molar-refractivity contribution is 5.55. The molecule has 0 bridgehead atoms. The molecule has 0 saturated heterocycles. The zero-order chi connectivity index (χ0) is 14.8. The number of aryl methyl sites for hydroxylation is 1. The van der Waals surface area contributed by atoms with E-state index in [2.05, 4.69) is 30.9 Å². The Morgan fingerprint density at radius 3 is 2.70 bits per heavy atom. The molecule has 0 fully saturated rings. The lowest BCUT2D eigenvalue weighted by molar-refractivity contribution is 0.313. The summed E-state index contributed by atoms with van der Waals surface area (Å²) in [5, 5.41) is 4.04. The van der Waals surface area contributed by atoms with Gasteiger partial charge in [-0.3, -0.25) is 0 Å². The van der Waals surface area contributed by atoms with Crippen LogP contribution in [-0.4, -0.2) is 16.2 Å². The van der Waals surface area contributed by atoms with E-state index < -0.39 is 0 Å². The van der Waals surface area contributed by atoms with Crippen molar-refractivity contribution in [2.24, 2.45) is 11.1 Å². The summed E-state index contributed by atoms with van der Waals surface area (Å²) in [5.74, 6) is 1.24. The second-order valence-corrected chi connectivity index (χ2v) is 6.61. The molecule has 4 heteroatoms. The third kappa shape index (κ3) is 4.17. The number of aromatic nitrogens is 2. The highest BCUT2D eigenvalue weighted by atomic mass is 16.5. The predicted octanol–water partition coefficient (Wildman–Crippen LogP) is 3.35. The average molecular weight is 273 g/mol. The van der Waals surface area contributed by atoms with Gasteiger partial charge in [-0.2, -0.15) is 4.98 Å². The molecule has 0 aliphatic heterocycles. The van der Waals surface area contributed by atoms with Gasteiger partial charge in [0.2, 0.25) is 11.7 Å². The zero-order valence-electron chi connectivity index (χ0n) is 12.7. The van der Waals surface area contributed by atoms with Crippen molar-refractivity contribution < 1.29 is 4.52 Å². The first-order valence-electron chi connectivity index (χ1n) is 6.99. The molecule has 0 aliphatic rings. The van der Waals surface area contributed by atoms with Gasteiger partial charge in [0.05, 0.1) is 0 Å². The number of nitrogens with zero attached hydrogens (tertiary/aromatic N) is 2.